The summed E-state index contributed by atoms with van der Waals surface area (Å²) in [6.07, 6.45) is 0. The second kappa shape index (κ2) is 6.64. The number of methoxy groups -OCH3 is 1. The van der Waals surface area contributed by atoms with Gasteiger partial charge in [-0.25, -0.2) is 4.79 Å². The number of hydrogen-bond donors (Lipinski definition) is 1. The number of ether oxygens (including phenoxy) is 1. The predicted molar refractivity (Wildman–Crippen MR) is 92.1 cm³/mol. The second-order valence-electron chi connectivity index (χ2n) is 5.47. The summed E-state index contributed by atoms with van der Waals surface area (Å²) in [6.45, 7) is 1.23. The van der Waals surface area contributed by atoms with Crippen molar-refractivity contribution in [3.63, 3.8) is 0 Å². The van der Waals surface area contributed by atoms with Crippen LogP contribution in [0.15, 0.2) is 51.7 Å². The van der Waals surface area contributed by atoms with Crippen LogP contribution < -0.4 is 15.8 Å². The number of carbonyl (C=O) groups is 2. The molecule has 7 heteroatoms. The van der Waals surface area contributed by atoms with Gasteiger partial charge < -0.3 is 14.5 Å². The van der Waals surface area contributed by atoms with Crippen LogP contribution in [0.25, 0.3) is 11.1 Å². The van der Waals surface area contributed by atoms with Crippen LogP contribution in [0.1, 0.15) is 17.3 Å². The van der Waals surface area contributed by atoms with Gasteiger partial charge in [0.25, 0.3) is 0 Å². The third-order valence-electron chi connectivity index (χ3n) is 3.75. The number of benzene rings is 2. The summed E-state index contributed by atoms with van der Waals surface area (Å²) in [6, 6.07) is 11.5. The van der Waals surface area contributed by atoms with E-state index < -0.39 is 5.76 Å². The Kier molecular flexibility index (Phi) is 4.38. The molecule has 25 heavy (non-hydrogen) atoms. The van der Waals surface area contributed by atoms with E-state index in [1.165, 1.54) is 17.6 Å². The summed E-state index contributed by atoms with van der Waals surface area (Å²) in [5, 5.41) is 2.70. The Morgan fingerprint density at radius 1 is 1.16 bits per heavy atom. The van der Waals surface area contributed by atoms with Gasteiger partial charge in [-0.2, -0.15) is 0 Å². The first-order valence-electron chi connectivity index (χ1n) is 7.56. The fraction of sp³-hybridized carbons (Fsp3) is 0.167. The fourth-order valence-corrected chi connectivity index (χ4v) is 2.45. The first-order valence-corrected chi connectivity index (χ1v) is 7.56. The molecule has 1 N–H and O–H groups in total. The zero-order valence-electron chi connectivity index (χ0n) is 13.7. The van der Waals surface area contributed by atoms with Crippen molar-refractivity contribution in [2.75, 3.05) is 12.4 Å². The van der Waals surface area contributed by atoms with Crippen LogP contribution in [0, 0.1) is 0 Å². The van der Waals surface area contributed by atoms with Crippen LogP contribution in [0.3, 0.4) is 0 Å². The fourth-order valence-electron chi connectivity index (χ4n) is 2.45. The molecule has 0 unspecified atom stereocenters. The Bertz CT molecular complexity index is 998. The van der Waals surface area contributed by atoms with Gasteiger partial charge >= 0.3 is 5.76 Å². The SMILES string of the molecule is COc1ccc(NC(=O)Cn2c(=O)oc3cc(C(C)=O)ccc32)cc1. The van der Waals surface area contributed by atoms with E-state index >= 15 is 0 Å². The lowest BCUT2D eigenvalue weighted by Gasteiger charge is -2.07. The molecule has 0 fully saturated rings. The van der Waals surface area contributed by atoms with E-state index in [4.69, 9.17) is 9.15 Å². The smallest absolute Gasteiger partial charge is 0.420 e. The zero-order valence-corrected chi connectivity index (χ0v) is 13.7. The number of Topliss-reactive ketones (excluding diaryl/α,β-unsaturated/α-hetero) is 1. The number of nitrogens with zero attached hydrogens (tertiary/aromatic N) is 1. The first-order chi connectivity index (χ1) is 12.0. The number of fused-ring (bicyclic) bond motifs is 1. The van der Waals surface area contributed by atoms with Gasteiger partial charge in [0, 0.05) is 11.3 Å². The maximum atomic E-state index is 12.2. The average molecular weight is 340 g/mol. The monoisotopic (exact) mass is 340 g/mol. The number of anilines is 1. The van der Waals surface area contributed by atoms with Crippen LogP contribution in [0.5, 0.6) is 5.75 Å². The van der Waals surface area contributed by atoms with Crippen molar-refractivity contribution >= 4 is 28.5 Å². The molecule has 0 radical (unpaired) electrons. The third-order valence-corrected chi connectivity index (χ3v) is 3.75. The summed E-state index contributed by atoms with van der Waals surface area (Å²) in [5.41, 5.74) is 1.76. The normalized spacial score (nSPS) is 10.6. The summed E-state index contributed by atoms with van der Waals surface area (Å²) in [7, 11) is 1.56. The quantitative estimate of drug-likeness (QED) is 0.721. The number of carbonyl (C=O) groups excluding carboxylic acids is 2. The topological polar surface area (TPSA) is 90.5 Å². The Balaban J connectivity index is 1.81. The molecule has 2 aromatic carbocycles. The van der Waals surface area contributed by atoms with Gasteiger partial charge in [0.2, 0.25) is 5.91 Å². The Labute approximate surface area is 142 Å². The second-order valence-corrected chi connectivity index (χ2v) is 5.47. The largest absolute Gasteiger partial charge is 0.497 e. The Morgan fingerprint density at radius 2 is 1.88 bits per heavy atom. The summed E-state index contributed by atoms with van der Waals surface area (Å²) in [5.74, 6) is -0.475. The van der Waals surface area contributed by atoms with Crippen molar-refractivity contribution in [2.45, 2.75) is 13.5 Å². The summed E-state index contributed by atoms with van der Waals surface area (Å²) >= 11 is 0. The number of rotatable bonds is 5. The minimum Gasteiger partial charge on any atom is -0.497 e. The van der Waals surface area contributed by atoms with Crippen LogP contribution in [0.4, 0.5) is 5.69 Å². The molecule has 128 valence electrons. The molecule has 7 nitrogen and oxygen atoms in total. The molecule has 0 aliphatic carbocycles. The number of amides is 1. The van der Waals surface area contributed by atoms with Crippen molar-refractivity contribution in [3.8, 4) is 5.75 Å². The molecular formula is C18H16N2O5. The van der Waals surface area contributed by atoms with Gasteiger partial charge in [0.1, 0.15) is 12.3 Å². The lowest BCUT2D eigenvalue weighted by Crippen LogP contribution is -2.24. The maximum absolute atomic E-state index is 12.2. The molecular weight excluding hydrogens is 324 g/mol. The highest BCUT2D eigenvalue weighted by molar-refractivity contribution is 5.97. The van der Waals surface area contributed by atoms with Gasteiger partial charge in [-0.05, 0) is 49.4 Å². The molecule has 1 aromatic heterocycles. The van der Waals surface area contributed by atoms with Crippen molar-refractivity contribution < 1.29 is 18.7 Å². The van der Waals surface area contributed by atoms with Crippen molar-refractivity contribution in [3.05, 3.63) is 58.6 Å². The highest BCUT2D eigenvalue weighted by atomic mass is 16.5. The summed E-state index contributed by atoms with van der Waals surface area (Å²) in [4.78, 5) is 35.6. The number of ketones is 1. The number of nitrogens with one attached hydrogen (secondary N) is 1. The number of hydrogen-bond acceptors (Lipinski definition) is 5. The minimum absolute atomic E-state index is 0.130. The Morgan fingerprint density at radius 3 is 2.52 bits per heavy atom. The van der Waals surface area contributed by atoms with E-state index in [1.807, 2.05) is 0 Å². The van der Waals surface area contributed by atoms with E-state index in [0.717, 1.165) is 0 Å². The van der Waals surface area contributed by atoms with Crippen LogP contribution in [-0.2, 0) is 11.3 Å². The molecule has 0 saturated carbocycles. The average Bonchev–Trinajstić information content (AvgIpc) is 2.90. The zero-order chi connectivity index (χ0) is 18.0. The van der Waals surface area contributed by atoms with Crippen molar-refractivity contribution in [1.29, 1.82) is 0 Å². The van der Waals surface area contributed by atoms with E-state index in [2.05, 4.69) is 5.32 Å². The van der Waals surface area contributed by atoms with Gasteiger partial charge in [-0.1, -0.05) is 0 Å². The van der Waals surface area contributed by atoms with Crippen LogP contribution in [0.2, 0.25) is 0 Å². The van der Waals surface area contributed by atoms with Gasteiger partial charge in [0.15, 0.2) is 11.4 Å². The highest BCUT2D eigenvalue weighted by Crippen LogP contribution is 2.17. The minimum atomic E-state index is -0.652. The molecule has 0 spiro atoms. The molecule has 1 amide bonds. The third kappa shape index (κ3) is 3.45. The van der Waals surface area contributed by atoms with E-state index in [0.29, 0.717) is 22.5 Å². The highest BCUT2D eigenvalue weighted by Gasteiger charge is 2.14. The molecule has 1 heterocycles. The Hall–Kier alpha value is -3.35. The number of aromatic nitrogens is 1. The van der Waals surface area contributed by atoms with E-state index in [1.54, 1.807) is 43.5 Å². The molecule has 0 aliphatic heterocycles. The number of oxazole rings is 1. The van der Waals surface area contributed by atoms with Gasteiger partial charge in [0.05, 0.1) is 12.6 Å². The molecule has 0 bridgehead atoms. The lowest BCUT2D eigenvalue weighted by molar-refractivity contribution is -0.116. The molecule has 0 saturated heterocycles. The standard InChI is InChI=1S/C18H16N2O5/c1-11(21)12-3-8-15-16(9-12)25-18(23)20(15)10-17(22)19-13-4-6-14(24-2)7-5-13/h3-9H,10H2,1-2H3,(H,19,22). The summed E-state index contributed by atoms with van der Waals surface area (Å²) < 4.78 is 11.4. The van der Waals surface area contributed by atoms with Crippen molar-refractivity contribution in [2.24, 2.45) is 0 Å². The molecule has 0 aliphatic rings. The van der Waals surface area contributed by atoms with Crippen LogP contribution >= 0.6 is 0 Å². The maximum Gasteiger partial charge on any atom is 0.420 e. The van der Waals surface area contributed by atoms with Gasteiger partial charge in [-0.3, -0.25) is 14.2 Å². The van der Waals surface area contributed by atoms with E-state index in [9.17, 15) is 14.4 Å². The predicted octanol–water partition coefficient (Wildman–Crippen LogP) is 2.44. The molecule has 3 rings (SSSR count). The van der Waals surface area contributed by atoms with Crippen molar-refractivity contribution in [1.82, 2.24) is 4.57 Å². The molecule has 0 atom stereocenters. The first kappa shape index (κ1) is 16.5. The van der Waals surface area contributed by atoms with Gasteiger partial charge in [-0.15, -0.1) is 0 Å². The van der Waals surface area contributed by atoms with E-state index in [-0.39, 0.29) is 23.8 Å². The lowest BCUT2D eigenvalue weighted by atomic mass is 10.1. The molecule has 3 aromatic rings. The van der Waals surface area contributed by atoms with Crippen LogP contribution in [-0.4, -0.2) is 23.4 Å².